The predicted octanol–water partition coefficient (Wildman–Crippen LogP) is 3.14. The lowest BCUT2D eigenvalue weighted by Gasteiger charge is -2.58. The Morgan fingerprint density at radius 2 is 1.96 bits per heavy atom. The molecule has 0 radical (unpaired) electrons. The van der Waals surface area contributed by atoms with Gasteiger partial charge in [-0.3, -0.25) is 0 Å². The van der Waals surface area contributed by atoms with Gasteiger partial charge in [0, 0.05) is 0 Å². The van der Waals surface area contributed by atoms with Crippen molar-refractivity contribution >= 4 is 11.3 Å². The van der Waals surface area contributed by atoms with Crippen molar-refractivity contribution in [1.82, 2.24) is 9.78 Å². The topological polar surface area (TPSA) is 68.3 Å². The van der Waals surface area contributed by atoms with Gasteiger partial charge in [-0.25, -0.2) is 4.79 Å². The molecule has 6 heteroatoms. The van der Waals surface area contributed by atoms with Crippen LogP contribution in [-0.4, -0.2) is 21.0 Å². The van der Waals surface area contributed by atoms with Gasteiger partial charge in [-0.05, 0) is 73.1 Å². The van der Waals surface area contributed by atoms with Gasteiger partial charge in [0.25, 0.3) is 5.89 Å². The molecule has 0 spiro atoms. The summed E-state index contributed by atoms with van der Waals surface area (Å²) in [6, 6.07) is 3.79. The SMILES string of the molecule is O=c1oc(-c2cccs2)nn1CC(O)C12CC3CC(CC(C3)C1)C2. The standard InChI is InChI=1S/C18H22N2O3S/c21-15(18-7-11-4-12(8-18)6-13(5-11)9-18)10-20-17(22)23-16(19-20)14-2-1-3-24-14/h1-3,11-13,15,21H,4-10H2. The van der Waals surface area contributed by atoms with Crippen molar-refractivity contribution in [2.24, 2.45) is 23.2 Å². The normalized spacial score (nSPS) is 35.5. The van der Waals surface area contributed by atoms with Crippen LogP contribution in [0.3, 0.4) is 0 Å². The van der Waals surface area contributed by atoms with Crippen LogP contribution in [0.15, 0.2) is 26.7 Å². The third-order valence-electron chi connectivity index (χ3n) is 6.48. The highest BCUT2D eigenvalue weighted by Crippen LogP contribution is 2.61. The van der Waals surface area contributed by atoms with Crippen molar-refractivity contribution in [3.63, 3.8) is 0 Å². The number of aliphatic hydroxyl groups excluding tert-OH is 1. The number of rotatable bonds is 4. The van der Waals surface area contributed by atoms with E-state index in [1.807, 2.05) is 17.5 Å². The fourth-order valence-corrected chi connectivity index (χ4v) is 6.51. The van der Waals surface area contributed by atoms with Gasteiger partial charge in [0.05, 0.1) is 17.5 Å². The number of aliphatic hydroxyl groups is 1. The van der Waals surface area contributed by atoms with Gasteiger partial charge in [-0.15, -0.1) is 16.4 Å². The van der Waals surface area contributed by atoms with E-state index in [1.54, 1.807) is 0 Å². The summed E-state index contributed by atoms with van der Waals surface area (Å²) in [7, 11) is 0. The smallest absolute Gasteiger partial charge is 0.391 e. The lowest BCUT2D eigenvalue weighted by Crippen LogP contribution is -2.53. The van der Waals surface area contributed by atoms with Crippen molar-refractivity contribution < 1.29 is 9.52 Å². The van der Waals surface area contributed by atoms with Crippen LogP contribution < -0.4 is 5.76 Å². The molecule has 0 aliphatic heterocycles. The molecular weight excluding hydrogens is 324 g/mol. The van der Waals surface area contributed by atoms with Gasteiger partial charge in [0.2, 0.25) is 0 Å². The summed E-state index contributed by atoms with van der Waals surface area (Å²) < 4.78 is 6.59. The molecule has 1 unspecified atom stereocenters. The van der Waals surface area contributed by atoms with E-state index in [4.69, 9.17) is 4.42 Å². The van der Waals surface area contributed by atoms with Crippen molar-refractivity contribution in [2.75, 3.05) is 0 Å². The maximum Gasteiger partial charge on any atom is 0.437 e. The lowest BCUT2D eigenvalue weighted by molar-refractivity contribution is -0.125. The molecule has 128 valence electrons. The number of aromatic nitrogens is 2. The van der Waals surface area contributed by atoms with Gasteiger partial charge >= 0.3 is 5.76 Å². The minimum Gasteiger partial charge on any atom is -0.391 e. The minimum absolute atomic E-state index is 0.00373. The molecule has 24 heavy (non-hydrogen) atoms. The van der Waals surface area contributed by atoms with Crippen LogP contribution in [0.2, 0.25) is 0 Å². The molecule has 2 heterocycles. The molecule has 4 aliphatic rings. The maximum absolute atomic E-state index is 12.1. The first-order valence-electron chi connectivity index (χ1n) is 8.91. The van der Waals surface area contributed by atoms with Gasteiger partial charge in [-0.1, -0.05) is 6.07 Å². The first kappa shape index (κ1) is 14.9. The van der Waals surface area contributed by atoms with E-state index in [-0.39, 0.29) is 12.0 Å². The van der Waals surface area contributed by atoms with Gasteiger partial charge < -0.3 is 9.52 Å². The van der Waals surface area contributed by atoms with E-state index in [0.717, 1.165) is 41.9 Å². The molecule has 4 bridgehead atoms. The fourth-order valence-electron chi connectivity index (χ4n) is 5.86. The van der Waals surface area contributed by atoms with E-state index in [9.17, 15) is 9.90 Å². The molecule has 4 fully saturated rings. The van der Waals surface area contributed by atoms with Crippen LogP contribution in [0.5, 0.6) is 0 Å². The van der Waals surface area contributed by atoms with Crippen molar-refractivity contribution in [3.05, 3.63) is 28.1 Å². The van der Waals surface area contributed by atoms with E-state index in [1.165, 1.54) is 35.3 Å². The second kappa shape index (κ2) is 5.30. The molecule has 0 saturated heterocycles. The van der Waals surface area contributed by atoms with Gasteiger partial charge in [-0.2, -0.15) is 4.68 Å². The molecular formula is C18H22N2O3S. The van der Waals surface area contributed by atoms with Crippen LogP contribution in [0.25, 0.3) is 10.8 Å². The van der Waals surface area contributed by atoms with Crippen LogP contribution >= 0.6 is 11.3 Å². The average molecular weight is 346 g/mol. The molecule has 1 atom stereocenters. The maximum atomic E-state index is 12.1. The van der Waals surface area contributed by atoms with Crippen LogP contribution in [0, 0.1) is 23.2 Å². The minimum atomic E-state index is -0.509. The molecule has 2 aromatic rings. The second-order valence-electron chi connectivity index (χ2n) is 8.13. The third kappa shape index (κ3) is 2.30. The largest absolute Gasteiger partial charge is 0.437 e. The van der Waals surface area contributed by atoms with E-state index in [0.29, 0.717) is 5.89 Å². The quantitative estimate of drug-likeness (QED) is 0.923. The van der Waals surface area contributed by atoms with E-state index < -0.39 is 11.9 Å². The predicted molar refractivity (Wildman–Crippen MR) is 90.7 cm³/mol. The molecule has 0 aromatic carbocycles. The zero-order chi connectivity index (χ0) is 16.3. The van der Waals surface area contributed by atoms with Crippen LogP contribution in [0.1, 0.15) is 38.5 Å². The zero-order valence-electron chi connectivity index (χ0n) is 13.6. The summed E-state index contributed by atoms with van der Waals surface area (Å²) in [5, 5.41) is 17.2. The first-order chi connectivity index (χ1) is 11.6. The Morgan fingerprint density at radius 3 is 2.54 bits per heavy atom. The molecule has 4 aliphatic carbocycles. The van der Waals surface area contributed by atoms with Crippen molar-refractivity contribution in [2.45, 2.75) is 51.2 Å². The Hall–Kier alpha value is -1.40. The van der Waals surface area contributed by atoms with Gasteiger partial charge in [0.1, 0.15) is 0 Å². The van der Waals surface area contributed by atoms with Crippen molar-refractivity contribution in [3.8, 4) is 10.8 Å². The Kier molecular flexibility index (Phi) is 3.29. The summed E-state index contributed by atoms with van der Waals surface area (Å²) in [6.07, 6.45) is 6.87. The number of hydrogen-bond donors (Lipinski definition) is 1. The van der Waals surface area contributed by atoms with E-state index >= 15 is 0 Å². The summed E-state index contributed by atoms with van der Waals surface area (Å²) in [5.74, 6) is 2.22. The van der Waals surface area contributed by atoms with Gasteiger partial charge in [0.15, 0.2) is 0 Å². The van der Waals surface area contributed by atoms with E-state index in [2.05, 4.69) is 5.10 Å². The Morgan fingerprint density at radius 1 is 1.29 bits per heavy atom. The number of hydrogen-bond acceptors (Lipinski definition) is 5. The summed E-state index contributed by atoms with van der Waals surface area (Å²) >= 11 is 1.49. The second-order valence-corrected chi connectivity index (χ2v) is 9.08. The van der Waals surface area contributed by atoms with Crippen LogP contribution in [0.4, 0.5) is 0 Å². The summed E-state index contributed by atoms with van der Waals surface area (Å²) in [5.41, 5.74) is -0.00373. The molecule has 5 nitrogen and oxygen atoms in total. The highest BCUT2D eigenvalue weighted by Gasteiger charge is 2.54. The highest BCUT2D eigenvalue weighted by molar-refractivity contribution is 7.13. The number of nitrogens with zero attached hydrogens (tertiary/aromatic N) is 2. The monoisotopic (exact) mass is 346 g/mol. The first-order valence-corrected chi connectivity index (χ1v) is 9.79. The third-order valence-corrected chi connectivity index (χ3v) is 7.33. The highest BCUT2D eigenvalue weighted by atomic mass is 32.1. The fraction of sp³-hybridized carbons (Fsp3) is 0.667. The average Bonchev–Trinajstić information content (AvgIpc) is 3.16. The Balaban J connectivity index is 1.39. The molecule has 6 rings (SSSR count). The zero-order valence-corrected chi connectivity index (χ0v) is 14.4. The number of thiophene rings is 1. The summed E-state index contributed by atoms with van der Waals surface area (Å²) in [6.45, 7) is 0.250. The Labute approximate surface area is 144 Å². The van der Waals surface area contributed by atoms with Crippen molar-refractivity contribution in [1.29, 1.82) is 0 Å². The van der Waals surface area contributed by atoms with Crippen LogP contribution in [-0.2, 0) is 6.54 Å². The summed E-state index contributed by atoms with van der Waals surface area (Å²) in [4.78, 5) is 13.0. The Bertz CT molecular complexity index is 756. The molecule has 4 saturated carbocycles. The lowest BCUT2D eigenvalue weighted by atomic mass is 9.48. The molecule has 0 amide bonds. The molecule has 1 N–H and O–H groups in total. The molecule has 2 aromatic heterocycles.